The highest BCUT2D eigenvalue weighted by atomic mass is 31.1. The summed E-state index contributed by atoms with van der Waals surface area (Å²) in [4.78, 5) is 0. The first-order valence-electron chi connectivity index (χ1n) is 8.97. The Morgan fingerprint density at radius 3 is 1.76 bits per heavy atom. The Bertz CT molecular complexity index is 733. The molecule has 2 aromatic rings. The molecule has 1 aliphatic carbocycles. The van der Waals surface area contributed by atoms with Gasteiger partial charge in [-0.15, -0.1) is 0 Å². The lowest BCUT2D eigenvalue weighted by Gasteiger charge is -2.31. The van der Waals surface area contributed by atoms with E-state index < -0.39 is 16.0 Å². The first kappa shape index (κ1) is 18.3. The maximum atomic E-state index is 6.50. The van der Waals surface area contributed by atoms with E-state index in [0.717, 1.165) is 0 Å². The van der Waals surface area contributed by atoms with Crippen LogP contribution in [0.4, 0.5) is 0 Å². The minimum Gasteiger partial charge on any atom is -0.324 e. The van der Waals surface area contributed by atoms with Crippen LogP contribution in [0, 0.1) is 0 Å². The molecule has 0 bridgehead atoms. The second-order valence-electron chi connectivity index (χ2n) is 7.84. The quantitative estimate of drug-likeness (QED) is 0.586. The highest BCUT2D eigenvalue weighted by Crippen LogP contribution is 2.53. The van der Waals surface area contributed by atoms with Crippen LogP contribution in [-0.2, 0) is 0 Å². The molecule has 3 heteroatoms. The Morgan fingerprint density at radius 1 is 0.880 bits per heavy atom. The minimum absolute atomic E-state index is 0.0964. The zero-order chi connectivity index (χ0) is 18.0. The van der Waals surface area contributed by atoms with Crippen molar-refractivity contribution in [3.05, 3.63) is 83.7 Å². The summed E-state index contributed by atoms with van der Waals surface area (Å²) in [5.41, 5.74) is 8.52. The van der Waals surface area contributed by atoms with Gasteiger partial charge in [-0.1, -0.05) is 92.5 Å². The molecule has 0 radical (unpaired) electrons. The van der Waals surface area contributed by atoms with E-state index in [4.69, 9.17) is 5.73 Å². The van der Waals surface area contributed by atoms with E-state index in [1.165, 1.54) is 21.5 Å². The van der Waals surface area contributed by atoms with Gasteiger partial charge < -0.3 is 5.73 Å². The molecule has 130 valence electrons. The van der Waals surface area contributed by atoms with Crippen molar-refractivity contribution in [2.75, 3.05) is 0 Å². The maximum absolute atomic E-state index is 6.50. The smallest absolute Gasteiger partial charge is 0.0562 e. The molecular formula is C22H28NPSi. The summed E-state index contributed by atoms with van der Waals surface area (Å²) < 4.78 is 0. The fraction of sp³-hybridized carbons (Fsp3) is 0.273. The molecule has 2 atom stereocenters. The summed E-state index contributed by atoms with van der Waals surface area (Å²) in [5, 5.41) is 4.27. The average Bonchev–Trinajstić information content (AvgIpc) is 3.02. The normalized spacial score (nSPS) is 18.9. The number of allylic oxidation sites excluding steroid dienone is 3. The van der Waals surface area contributed by atoms with Gasteiger partial charge in [0, 0.05) is 6.04 Å². The highest BCUT2D eigenvalue weighted by Gasteiger charge is 2.36. The molecule has 3 rings (SSSR count). The lowest BCUT2D eigenvalue weighted by molar-refractivity contribution is 0.829. The van der Waals surface area contributed by atoms with Gasteiger partial charge in [-0.05, 0) is 41.9 Å². The second-order valence-corrected chi connectivity index (χ2v) is 15.4. The number of benzene rings is 2. The van der Waals surface area contributed by atoms with Crippen LogP contribution in [-0.4, -0.2) is 14.1 Å². The second kappa shape index (κ2) is 7.41. The molecular weight excluding hydrogens is 337 g/mol. The number of hydrogen-bond acceptors (Lipinski definition) is 1. The predicted molar refractivity (Wildman–Crippen MR) is 116 cm³/mol. The van der Waals surface area contributed by atoms with Crippen LogP contribution in [0.3, 0.4) is 0 Å². The van der Waals surface area contributed by atoms with Crippen molar-refractivity contribution in [2.45, 2.75) is 38.1 Å². The predicted octanol–water partition coefficient (Wildman–Crippen LogP) is 5.00. The van der Waals surface area contributed by atoms with E-state index in [1.807, 2.05) is 0 Å². The van der Waals surface area contributed by atoms with Crippen molar-refractivity contribution in [1.82, 2.24) is 0 Å². The Balaban J connectivity index is 2.19. The molecule has 25 heavy (non-hydrogen) atoms. The van der Waals surface area contributed by atoms with Crippen LogP contribution in [0.25, 0.3) is 0 Å². The minimum atomic E-state index is -1.35. The first-order valence-corrected chi connectivity index (χ1v) is 13.9. The molecule has 0 saturated carbocycles. The Labute approximate surface area is 154 Å². The van der Waals surface area contributed by atoms with Crippen molar-refractivity contribution in [1.29, 1.82) is 0 Å². The van der Waals surface area contributed by atoms with Crippen molar-refractivity contribution in [2.24, 2.45) is 5.73 Å². The number of nitrogens with two attached hydrogens (primary N) is 1. The standard InChI is InChI=1S/C22H28NPSi/c1-17(23)22-20(15-16-21(22)25(2,3)4)24(18-11-7-5-8-12-18)19-13-9-6-10-14-19/h5-17,21H,23H2,1-4H3/t17-,21?/m0/s1. The van der Waals surface area contributed by atoms with Gasteiger partial charge in [0.25, 0.3) is 0 Å². The van der Waals surface area contributed by atoms with Gasteiger partial charge in [-0.2, -0.15) is 0 Å². The van der Waals surface area contributed by atoms with E-state index in [-0.39, 0.29) is 6.04 Å². The molecule has 1 aliphatic rings. The largest absolute Gasteiger partial charge is 0.324 e. The molecule has 0 spiro atoms. The Kier molecular flexibility index (Phi) is 5.43. The fourth-order valence-electron chi connectivity index (χ4n) is 3.60. The summed E-state index contributed by atoms with van der Waals surface area (Å²) in [7, 11) is -1.92. The van der Waals surface area contributed by atoms with E-state index >= 15 is 0 Å². The molecule has 1 unspecified atom stereocenters. The third-order valence-electron chi connectivity index (χ3n) is 4.77. The van der Waals surface area contributed by atoms with Crippen molar-refractivity contribution in [3.63, 3.8) is 0 Å². The van der Waals surface area contributed by atoms with E-state index in [2.05, 4.69) is 99.4 Å². The SMILES string of the molecule is C[C@H](N)C1=C(P(c2ccccc2)c2ccccc2)C=CC1[Si](C)(C)C. The molecule has 0 heterocycles. The summed E-state index contributed by atoms with van der Waals surface area (Å²) >= 11 is 0. The van der Waals surface area contributed by atoms with Crippen molar-refractivity contribution >= 4 is 26.6 Å². The number of hydrogen-bond donors (Lipinski definition) is 1. The summed E-state index contributed by atoms with van der Waals surface area (Å²) in [6, 6.07) is 21.9. The van der Waals surface area contributed by atoms with Crippen LogP contribution in [0.1, 0.15) is 6.92 Å². The molecule has 0 aliphatic heterocycles. The molecule has 0 aromatic heterocycles. The van der Waals surface area contributed by atoms with Gasteiger partial charge >= 0.3 is 0 Å². The monoisotopic (exact) mass is 365 g/mol. The van der Waals surface area contributed by atoms with Crippen molar-refractivity contribution in [3.8, 4) is 0 Å². The first-order chi connectivity index (χ1) is 11.9. The summed E-state index contributed by atoms with van der Waals surface area (Å²) in [6.07, 6.45) is 4.81. The van der Waals surface area contributed by atoms with Crippen LogP contribution in [0.5, 0.6) is 0 Å². The molecule has 0 saturated heterocycles. The Morgan fingerprint density at radius 2 is 1.36 bits per heavy atom. The van der Waals surface area contributed by atoms with Gasteiger partial charge in [-0.25, -0.2) is 0 Å². The number of rotatable bonds is 5. The maximum Gasteiger partial charge on any atom is 0.0562 e. The topological polar surface area (TPSA) is 26.0 Å². The third kappa shape index (κ3) is 3.87. The zero-order valence-electron chi connectivity index (χ0n) is 15.6. The molecule has 0 fully saturated rings. The van der Waals surface area contributed by atoms with Crippen LogP contribution in [0.15, 0.2) is 83.7 Å². The molecule has 2 aromatic carbocycles. The zero-order valence-corrected chi connectivity index (χ0v) is 17.5. The van der Waals surface area contributed by atoms with Gasteiger partial charge in [0.2, 0.25) is 0 Å². The van der Waals surface area contributed by atoms with Crippen LogP contribution >= 0.6 is 7.92 Å². The van der Waals surface area contributed by atoms with Gasteiger partial charge in [-0.3, -0.25) is 0 Å². The van der Waals surface area contributed by atoms with Crippen LogP contribution < -0.4 is 16.3 Å². The summed E-state index contributed by atoms with van der Waals surface area (Å²) in [5.74, 6) is 0. The van der Waals surface area contributed by atoms with Crippen LogP contribution in [0.2, 0.25) is 25.2 Å². The van der Waals surface area contributed by atoms with E-state index in [1.54, 1.807) is 0 Å². The molecule has 2 N–H and O–H groups in total. The summed E-state index contributed by atoms with van der Waals surface area (Å²) in [6.45, 7) is 9.49. The van der Waals surface area contributed by atoms with E-state index in [0.29, 0.717) is 5.54 Å². The van der Waals surface area contributed by atoms with Gasteiger partial charge in [0.1, 0.15) is 0 Å². The fourth-order valence-corrected chi connectivity index (χ4v) is 8.38. The lowest BCUT2D eigenvalue weighted by atomic mass is 10.1. The van der Waals surface area contributed by atoms with E-state index in [9.17, 15) is 0 Å². The highest BCUT2D eigenvalue weighted by molar-refractivity contribution is 7.77. The van der Waals surface area contributed by atoms with Gasteiger partial charge in [0.15, 0.2) is 0 Å². The van der Waals surface area contributed by atoms with Crippen molar-refractivity contribution < 1.29 is 0 Å². The molecule has 1 nitrogen and oxygen atoms in total. The lowest BCUT2D eigenvalue weighted by Crippen LogP contribution is -2.33. The average molecular weight is 366 g/mol. The Hall–Kier alpha value is -1.47. The van der Waals surface area contributed by atoms with Gasteiger partial charge in [0.05, 0.1) is 8.07 Å². The molecule has 0 amide bonds. The third-order valence-corrected chi connectivity index (χ3v) is 9.66.